The van der Waals surface area contributed by atoms with Crippen LogP contribution in [0.15, 0.2) is 33.5 Å². The van der Waals surface area contributed by atoms with Crippen LogP contribution in [-0.2, 0) is 28.8 Å². The summed E-state index contributed by atoms with van der Waals surface area (Å²) in [6, 6.07) is -1.18. The Morgan fingerprint density at radius 1 is 1.14 bits per heavy atom. The predicted molar refractivity (Wildman–Crippen MR) is 155 cm³/mol. The van der Waals surface area contributed by atoms with Crippen molar-refractivity contribution in [3.63, 3.8) is 0 Å². The second-order valence-corrected chi connectivity index (χ2v) is 12.5. The lowest BCUT2D eigenvalue weighted by Crippen LogP contribution is -2.71. The Bertz CT molecular complexity index is 1510. The zero-order chi connectivity index (χ0) is 31.7. The smallest absolute Gasteiger partial charge is 0.352 e. The van der Waals surface area contributed by atoms with Gasteiger partial charge in [-0.25, -0.2) is 9.78 Å². The number of oxime groups is 1. The number of likely N-dealkylation sites (tertiary alicyclic amines) is 2. The maximum Gasteiger partial charge on any atom is 0.352 e. The lowest BCUT2D eigenvalue weighted by Gasteiger charge is -2.49. The zero-order valence-electron chi connectivity index (χ0n) is 23.2. The SMILES string of the molecule is Nc1nc(C(=NO)C(=O)N[C@@H]2C(=O)N3C(C(=O)O)=C(C=C4CCN(C5CCN(C(=O)CCC(=O)O)CC5)C4=O)CS[C@H]23)cs1. The summed E-state index contributed by atoms with van der Waals surface area (Å²) in [6.45, 7) is 1.26. The number of fused-ring (bicyclic) bond motifs is 1. The van der Waals surface area contributed by atoms with Gasteiger partial charge in [-0.2, -0.15) is 0 Å². The monoisotopic (exact) mass is 647 g/mol. The molecule has 5 rings (SSSR count). The lowest BCUT2D eigenvalue weighted by molar-refractivity contribution is -0.150. The third kappa shape index (κ3) is 5.99. The number of nitrogen functional groups attached to an aromatic ring is 1. The average Bonchev–Trinajstić information content (AvgIpc) is 3.59. The number of thioether (sulfide) groups is 1. The first kappa shape index (κ1) is 31.0. The fraction of sp³-hybridized carbons (Fsp3) is 0.462. The number of allylic oxidation sites excluding steroid dienone is 1. The first-order chi connectivity index (χ1) is 21.0. The van der Waals surface area contributed by atoms with Crippen LogP contribution in [-0.4, -0.2) is 119 Å². The Morgan fingerprint density at radius 2 is 1.86 bits per heavy atom. The van der Waals surface area contributed by atoms with Gasteiger partial charge in [0.05, 0.1) is 6.42 Å². The quantitative estimate of drug-likeness (QED) is 0.0761. The van der Waals surface area contributed by atoms with E-state index in [9.17, 15) is 39.1 Å². The number of nitrogens with two attached hydrogens (primary N) is 1. The lowest BCUT2D eigenvalue weighted by atomic mass is 10.0. The van der Waals surface area contributed by atoms with Crippen molar-refractivity contribution in [2.24, 2.45) is 5.16 Å². The zero-order valence-corrected chi connectivity index (χ0v) is 24.8. The fourth-order valence-electron chi connectivity index (χ4n) is 5.70. The van der Waals surface area contributed by atoms with Gasteiger partial charge in [-0.1, -0.05) is 5.16 Å². The van der Waals surface area contributed by atoms with Gasteiger partial charge in [0.2, 0.25) is 11.8 Å². The third-order valence-electron chi connectivity index (χ3n) is 7.88. The molecule has 0 aliphatic carbocycles. The number of anilines is 1. The van der Waals surface area contributed by atoms with Crippen molar-refractivity contribution in [1.82, 2.24) is 25.0 Å². The summed E-state index contributed by atoms with van der Waals surface area (Å²) in [6.07, 6.45) is 2.71. The Balaban J connectivity index is 1.24. The molecular weight excluding hydrogens is 618 g/mol. The van der Waals surface area contributed by atoms with Gasteiger partial charge >= 0.3 is 11.9 Å². The molecule has 5 heterocycles. The second kappa shape index (κ2) is 12.7. The molecule has 234 valence electrons. The van der Waals surface area contributed by atoms with Crippen molar-refractivity contribution in [3.8, 4) is 0 Å². The van der Waals surface area contributed by atoms with E-state index < -0.39 is 40.9 Å². The van der Waals surface area contributed by atoms with Crippen LogP contribution >= 0.6 is 23.1 Å². The number of thiazole rings is 1. The summed E-state index contributed by atoms with van der Waals surface area (Å²) in [4.78, 5) is 82.8. The number of carboxylic acids is 2. The van der Waals surface area contributed by atoms with Gasteiger partial charge in [-0.15, -0.1) is 23.1 Å². The highest BCUT2D eigenvalue weighted by molar-refractivity contribution is 8.00. The molecule has 1 aromatic rings. The van der Waals surface area contributed by atoms with E-state index in [1.165, 1.54) is 23.2 Å². The van der Waals surface area contributed by atoms with Gasteiger partial charge in [-0.3, -0.25) is 28.9 Å². The van der Waals surface area contributed by atoms with Gasteiger partial charge in [0.15, 0.2) is 10.8 Å². The predicted octanol–water partition coefficient (Wildman–Crippen LogP) is -0.343. The summed E-state index contributed by atoms with van der Waals surface area (Å²) in [5.74, 6) is -4.22. The molecular formula is C26H29N7O9S2. The number of nitrogens with zero attached hydrogens (tertiary/aromatic N) is 5. The highest BCUT2D eigenvalue weighted by atomic mass is 32.2. The van der Waals surface area contributed by atoms with Crippen LogP contribution in [0.4, 0.5) is 5.13 Å². The molecule has 4 aliphatic rings. The number of nitrogens with one attached hydrogen (secondary N) is 1. The van der Waals surface area contributed by atoms with Gasteiger partial charge < -0.3 is 36.3 Å². The first-order valence-corrected chi connectivity index (χ1v) is 15.6. The van der Waals surface area contributed by atoms with Gasteiger partial charge in [-0.05, 0) is 30.9 Å². The molecule has 6 N–H and O–H groups in total. The molecule has 0 unspecified atom stereocenters. The molecule has 44 heavy (non-hydrogen) atoms. The second-order valence-electron chi connectivity index (χ2n) is 10.5. The van der Waals surface area contributed by atoms with Crippen molar-refractivity contribution < 1.29 is 44.2 Å². The number of carboxylic acid groups (broad SMARTS) is 2. The third-order valence-corrected chi connectivity index (χ3v) is 9.86. The Morgan fingerprint density at radius 3 is 2.48 bits per heavy atom. The van der Waals surface area contributed by atoms with E-state index >= 15 is 0 Å². The number of aliphatic carboxylic acids is 2. The van der Waals surface area contributed by atoms with E-state index in [2.05, 4.69) is 15.5 Å². The number of aromatic nitrogens is 1. The van der Waals surface area contributed by atoms with E-state index in [4.69, 9.17) is 10.8 Å². The van der Waals surface area contributed by atoms with Crippen molar-refractivity contribution in [2.45, 2.75) is 49.6 Å². The normalized spacial score (nSPS) is 23.6. The Labute approximate surface area is 258 Å². The molecule has 0 saturated carbocycles. The largest absolute Gasteiger partial charge is 0.481 e. The van der Waals surface area contributed by atoms with Crippen molar-refractivity contribution >= 4 is 69.5 Å². The molecule has 18 heteroatoms. The maximum atomic E-state index is 13.3. The molecule has 2 atom stereocenters. The van der Waals surface area contributed by atoms with E-state index in [-0.39, 0.29) is 53.0 Å². The highest BCUT2D eigenvalue weighted by Gasteiger charge is 2.54. The number of piperidine rings is 1. The molecule has 1 aromatic heterocycles. The summed E-state index contributed by atoms with van der Waals surface area (Å²) in [7, 11) is 0. The van der Waals surface area contributed by atoms with Crippen LogP contribution < -0.4 is 11.1 Å². The molecule has 0 spiro atoms. The van der Waals surface area contributed by atoms with E-state index in [0.29, 0.717) is 50.0 Å². The number of carbonyl (C=O) groups is 6. The van der Waals surface area contributed by atoms with Crippen LogP contribution in [0.3, 0.4) is 0 Å². The molecule has 4 aliphatic heterocycles. The number of amides is 4. The minimum Gasteiger partial charge on any atom is -0.481 e. The Kier molecular flexibility index (Phi) is 8.91. The van der Waals surface area contributed by atoms with Crippen LogP contribution in [0.5, 0.6) is 0 Å². The van der Waals surface area contributed by atoms with Gasteiger partial charge in [0.1, 0.15) is 22.8 Å². The maximum absolute atomic E-state index is 13.3. The van der Waals surface area contributed by atoms with Crippen molar-refractivity contribution in [2.75, 3.05) is 31.1 Å². The minimum absolute atomic E-state index is 0.0255. The van der Waals surface area contributed by atoms with Crippen molar-refractivity contribution in [1.29, 1.82) is 0 Å². The topological polar surface area (TPSA) is 236 Å². The van der Waals surface area contributed by atoms with Gasteiger partial charge in [0, 0.05) is 48.8 Å². The highest BCUT2D eigenvalue weighted by Crippen LogP contribution is 2.41. The molecule has 4 amide bonds. The number of β-lactam (4-membered cyclic amide) rings is 1. The molecule has 0 radical (unpaired) electrons. The van der Waals surface area contributed by atoms with Crippen LogP contribution in [0.2, 0.25) is 0 Å². The van der Waals surface area contributed by atoms with Crippen LogP contribution in [0.25, 0.3) is 0 Å². The van der Waals surface area contributed by atoms with Crippen molar-refractivity contribution in [3.05, 3.63) is 34.0 Å². The number of hydrogen-bond donors (Lipinski definition) is 5. The minimum atomic E-state index is -1.35. The van der Waals surface area contributed by atoms with Crippen LogP contribution in [0.1, 0.15) is 37.8 Å². The summed E-state index contributed by atoms with van der Waals surface area (Å²) in [5.41, 5.74) is 5.62. The summed E-state index contributed by atoms with van der Waals surface area (Å²) < 4.78 is 0. The number of hydrogen-bond acceptors (Lipinski definition) is 12. The van der Waals surface area contributed by atoms with Crippen LogP contribution in [0, 0.1) is 0 Å². The number of carbonyl (C=O) groups excluding carboxylic acids is 4. The standard InChI is InChI=1S/C26H29N7O9S2/c27-26-28-15(11-44-26)18(30-42)21(37)29-19-23(39)33-20(25(40)41)13(10-43-24(19)33)9-12-3-8-32(22(12)38)14-4-6-31(7-5-14)16(34)1-2-17(35)36/h9,11,14,19,24,42H,1-8,10H2,(H2,27,28)(H,29,37)(H,35,36)(H,40,41)/t19-,24-/m1/s1. The van der Waals surface area contributed by atoms with E-state index in [1.54, 1.807) is 9.80 Å². The van der Waals surface area contributed by atoms with E-state index in [1.807, 2.05) is 0 Å². The summed E-state index contributed by atoms with van der Waals surface area (Å²) in [5, 5.41) is 34.5. The first-order valence-electron chi connectivity index (χ1n) is 13.7. The summed E-state index contributed by atoms with van der Waals surface area (Å²) >= 11 is 2.26. The fourth-order valence-corrected chi connectivity index (χ4v) is 7.55. The molecule has 0 aromatic carbocycles. The molecule has 16 nitrogen and oxygen atoms in total. The average molecular weight is 648 g/mol. The molecule has 3 saturated heterocycles. The van der Waals surface area contributed by atoms with Gasteiger partial charge in [0.25, 0.3) is 11.8 Å². The number of rotatable bonds is 9. The molecule has 3 fully saturated rings. The van der Waals surface area contributed by atoms with E-state index in [0.717, 1.165) is 16.2 Å². The Hall–Kier alpha value is -4.45. The molecule has 0 bridgehead atoms.